The van der Waals surface area contributed by atoms with E-state index in [-0.39, 0.29) is 5.56 Å². The molecule has 0 aliphatic heterocycles. The third-order valence-corrected chi connectivity index (χ3v) is 2.95. The van der Waals surface area contributed by atoms with Crippen molar-refractivity contribution in [1.29, 1.82) is 0 Å². The van der Waals surface area contributed by atoms with E-state index in [4.69, 9.17) is 14.3 Å². The molecule has 0 aliphatic carbocycles. The van der Waals surface area contributed by atoms with Crippen molar-refractivity contribution in [3.63, 3.8) is 0 Å². The lowest BCUT2D eigenvalue weighted by atomic mass is 10.1. The fourth-order valence-electron chi connectivity index (χ4n) is 1.89. The number of aromatic carboxylic acids is 1. The Morgan fingerprint density at radius 1 is 1.40 bits per heavy atom. The molecule has 0 atom stereocenters. The molecule has 0 bridgehead atoms. The topological polar surface area (TPSA) is 71.7 Å². The summed E-state index contributed by atoms with van der Waals surface area (Å²) in [4.78, 5) is 10.8. The van der Waals surface area contributed by atoms with Gasteiger partial charge in [0.15, 0.2) is 0 Å². The Labute approximate surface area is 117 Å². The van der Waals surface area contributed by atoms with Crippen LogP contribution >= 0.6 is 0 Å². The van der Waals surface area contributed by atoms with E-state index in [2.05, 4.69) is 5.32 Å². The number of carboxylic acids is 1. The lowest BCUT2D eigenvalue weighted by molar-refractivity contribution is 0.0696. The van der Waals surface area contributed by atoms with E-state index >= 15 is 0 Å². The maximum atomic E-state index is 10.8. The standard InChI is InChI=1S/C15H17NO4/c1-19-7-6-11-4-2-3-5-14(11)16-9-13-8-12(10-20-13)15(17)18/h2-5,8,10,16H,6-7,9H2,1H3,(H,17,18). The molecule has 0 aliphatic rings. The molecule has 20 heavy (non-hydrogen) atoms. The van der Waals surface area contributed by atoms with Crippen LogP contribution in [0.25, 0.3) is 0 Å². The van der Waals surface area contributed by atoms with Crippen LogP contribution in [0.4, 0.5) is 5.69 Å². The minimum absolute atomic E-state index is 0.162. The number of hydrogen-bond acceptors (Lipinski definition) is 4. The Morgan fingerprint density at radius 3 is 2.90 bits per heavy atom. The quantitative estimate of drug-likeness (QED) is 0.813. The van der Waals surface area contributed by atoms with Crippen LogP contribution < -0.4 is 5.32 Å². The van der Waals surface area contributed by atoms with E-state index in [1.165, 1.54) is 12.3 Å². The number of para-hydroxylation sites is 1. The van der Waals surface area contributed by atoms with E-state index in [1.54, 1.807) is 7.11 Å². The normalized spacial score (nSPS) is 10.4. The van der Waals surface area contributed by atoms with Gasteiger partial charge in [0, 0.05) is 12.8 Å². The van der Waals surface area contributed by atoms with Gasteiger partial charge in [-0.2, -0.15) is 0 Å². The van der Waals surface area contributed by atoms with Gasteiger partial charge in [0.05, 0.1) is 18.7 Å². The molecule has 2 aromatic rings. The molecule has 0 unspecified atom stereocenters. The van der Waals surface area contributed by atoms with Crippen LogP contribution in [0, 0.1) is 0 Å². The van der Waals surface area contributed by atoms with Crippen molar-refractivity contribution >= 4 is 11.7 Å². The average Bonchev–Trinajstić information content (AvgIpc) is 2.93. The maximum Gasteiger partial charge on any atom is 0.338 e. The Balaban J connectivity index is 2.00. The third-order valence-electron chi connectivity index (χ3n) is 2.95. The summed E-state index contributed by atoms with van der Waals surface area (Å²) >= 11 is 0. The number of ether oxygens (including phenoxy) is 1. The Bertz CT molecular complexity index is 577. The van der Waals surface area contributed by atoms with Crippen LogP contribution in [0.15, 0.2) is 41.0 Å². The monoisotopic (exact) mass is 275 g/mol. The summed E-state index contributed by atoms with van der Waals surface area (Å²) in [7, 11) is 1.67. The summed E-state index contributed by atoms with van der Waals surface area (Å²) in [6, 6.07) is 9.46. The highest BCUT2D eigenvalue weighted by Gasteiger charge is 2.08. The first kappa shape index (κ1) is 14.1. The molecule has 2 rings (SSSR count). The van der Waals surface area contributed by atoms with E-state index in [0.29, 0.717) is 18.9 Å². The van der Waals surface area contributed by atoms with Gasteiger partial charge < -0.3 is 19.6 Å². The molecule has 1 aromatic carbocycles. The maximum absolute atomic E-state index is 10.8. The largest absolute Gasteiger partial charge is 0.478 e. The second-order valence-corrected chi connectivity index (χ2v) is 4.36. The van der Waals surface area contributed by atoms with Gasteiger partial charge in [-0.3, -0.25) is 0 Å². The fraction of sp³-hybridized carbons (Fsp3) is 0.267. The van der Waals surface area contributed by atoms with Crippen molar-refractivity contribution in [2.24, 2.45) is 0 Å². The van der Waals surface area contributed by atoms with E-state index in [9.17, 15) is 4.79 Å². The van der Waals surface area contributed by atoms with Crippen molar-refractivity contribution in [2.45, 2.75) is 13.0 Å². The number of benzene rings is 1. The molecular weight excluding hydrogens is 258 g/mol. The van der Waals surface area contributed by atoms with Crippen molar-refractivity contribution < 1.29 is 19.1 Å². The van der Waals surface area contributed by atoms with Crippen LogP contribution in [0.1, 0.15) is 21.7 Å². The number of rotatable bonds is 7. The SMILES string of the molecule is COCCc1ccccc1NCc1cc(C(=O)O)co1. The predicted octanol–water partition coefficient (Wildman–Crippen LogP) is 2.78. The lowest BCUT2D eigenvalue weighted by Gasteiger charge is -2.10. The number of methoxy groups -OCH3 is 1. The molecule has 0 spiro atoms. The third kappa shape index (κ3) is 3.61. The minimum Gasteiger partial charge on any atom is -0.478 e. The summed E-state index contributed by atoms with van der Waals surface area (Å²) < 4.78 is 10.3. The fourth-order valence-corrected chi connectivity index (χ4v) is 1.89. The molecule has 0 radical (unpaired) electrons. The van der Waals surface area contributed by atoms with Crippen molar-refractivity contribution in [1.82, 2.24) is 0 Å². The zero-order chi connectivity index (χ0) is 14.4. The Morgan fingerprint density at radius 2 is 2.20 bits per heavy atom. The number of anilines is 1. The molecule has 2 N–H and O–H groups in total. The number of nitrogens with one attached hydrogen (secondary N) is 1. The zero-order valence-corrected chi connectivity index (χ0v) is 11.3. The first-order valence-electron chi connectivity index (χ1n) is 6.32. The van der Waals surface area contributed by atoms with Gasteiger partial charge in [-0.25, -0.2) is 4.79 Å². The van der Waals surface area contributed by atoms with Gasteiger partial charge in [0.25, 0.3) is 0 Å². The van der Waals surface area contributed by atoms with Crippen molar-refractivity contribution in [3.8, 4) is 0 Å². The summed E-state index contributed by atoms with van der Waals surface area (Å²) in [6.07, 6.45) is 2.06. The lowest BCUT2D eigenvalue weighted by Crippen LogP contribution is -2.03. The number of carbonyl (C=O) groups is 1. The Hall–Kier alpha value is -2.27. The van der Waals surface area contributed by atoms with Gasteiger partial charge in [0.2, 0.25) is 0 Å². The zero-order valence-electron chi connectivity index (χ0n) is 11.3. The molecule has 0 amide bonds. The molecule has 5 nitrogen and oxygen atoms in total. The van der Waals surface area contributed by atoms with E-state index < -0.39 is 5.97 Å². The van der Waals surface area contributed by atoms with Crippen LogP contribution in [0.2, 0.25) is 0 Å². The molecule has 1 aromatic heterocycles. The van der Waals surface area contributed by atoms with Crippen LogP contribution in [0.3, 0.4) is 0 Å². The highest BCUT2D eigenvalue weighted by atomic mass is 16.5. The minimum atomic E-state index is -0.986. The summed E-state index contributed by atoms with van der Waals surface area (Å²) in [6.45, 7) is 1.10. The molecule has 0 fully saturated rings. The smallest absolute Gasteiger partial charge is 0.338 e. The molecule has 106 valence electrons. The van der Waals surface area contributed by atoms with Gasteiger partial charge >= 0.3 is 5.97 Å². The molecular formula is C15H17NO4. The van der Waals surface area contributed by atoms with Crippen LogP contribution in [-0.4, -0.2) is 24.8 Å². The van der Waals surface area contributed by atoms with E-state index in [0.717, 1.165) is 17.7 Å². The second-order valence-electron chi connectivity index (χ2n) is 4.36. The van der Waals surface area contributed by atoms with Crippen molar-refractivity contribution in [3.05, 3.63) is 53.5 Å². The molecule has 1 heterocycles. The van der Waals surface area contributed by atoms with Crippen LogP contribution in [-0.2, 0) is 17.7 Å². The second kappa shape index (κ2) is 6.77. The number of carboxylic acid groups (broad SMARTS) is 1. The van der Waals surface area contributed by atoms with Crippen molar-refractivity contribution in [2.75, 3.05) is 19.0 Å². The first-order valence-corrected chi connectivity index (χ1v) is 6.32. The van der Waals surface area contributed by atoms with Gasteiger partial charge in [0.1, 0.15) is 12.0 Å². The summed E-state index contributed by atoms with van der Waals surface area (Å²) in [5.41, 5.74) is 2.31. The number of hydrogen-bond donors (Lipinski definition) is 2. The molecule has 5 heteroatoms. The van der Waals surface area contributed by atoms with Gasteiger partial charge in [-0.05, 0) is 24.1 Å². The van der Waals surface area contributed by atoms with Crippen LogP contribution in [0.5, 0.6) is 0 Å². The van der Waals surface area contributed by atoms with Gasteiger partial charge in [-0.1, -0.05) is 18.2 Å². The highest BCUT2D eigenvalue weighted by Crippen LogP contribution is 2.17. The highest BCUT2D eigenvalue weighted by molar-refractivity contribution is 5.87. The van der Waals surface area contributed by atoms with Gasteiger partial charge in [-0.15, -0.1) is 0 Å². The first-order chi connectivity index (χ1) is 9.70. The Kier molecular flexibility index (Phi) is 4.79. The molecule has 0 saturated carbocycles. The van der Waals surface area contributed by atoms with E-state index in [1.807, 2.05) is 24.3 Å². The number of furan rings is 1. The predicted molar refractivity (Wildman–Crippen MR) is 75.0 cm³/mol. The molecule has 0 saturated heterocycles. The summed E-state index contributed by atoms with van der Waals surface area (Å²) in [5, 5.41) is 12.1. The average molecular weight is 275 g/mol. The summed E-state index contributed by atoms with van der Waals surface area (Å²) in [5.74, 6) is -0.399.